The molecule has 10 heteroatoms. The molecular weight excluding hydrogens is 426 g/mol. The molecule has 3 aromatic rings. The van der Waals surface area contributed by atoms with Gasteiger partial charge in [-0.3, -0.25) is 10.00 Å². The minimum absolute atomic E-state index is 0.00683. The highest BCUT2D eigenvalue weighted by molar-refractivity contribution is 5.95. The molecule has 0 radical (unpaired) electrons. The fourth-order valence-electron chi connectivity index (χ4n) is 3.89. The van der Waals surface area contributed by atoms with Crippen LogP contribution in [0.4, 0.5) is 28.0 Å². The van der Waals surface area contributed by atoms with Crippen molar-refractivity contribution in [2.75, 3.05) is 32.1 Å². The Hall–Kier alpha value is -3.40. The summed E-state index contributed by atoms with van der Waals surface area (Å²) in [6, 6.07) is 4.56. The van der Waals surface area contributed by atoms with Crippen LogP contribution in [0.5, 0.6) is 0 Å². The molecule has 1 aliphatic rings. The van der Waals surface area contributed by atoms with E-state index >= 15 is 0 Å². The Morgan fingerprint density at radius 2 is 1.84 bits per heavy atom. The third-order valence-corrected chi connectivity index (χ3v) is 5.33. The average Bonchev–Trinajstić information content (AvgIpc) is 3.31. The van der Waals surface area contributed by atoms with E-state index in [9.17, 15) is 22.4 Å². The van der Waals surface area contributed by atoms with Crippen molar-refractivity contribution in [3.05, 3.63) is 71.1 Å². The van der Waals surface area contributed by atoms with Crippen LogP contribution in [0.25, 0.3) is 11.1 Å². The van der Waals surface area contributed by atoms with E-state index in [-0.39, 0.29) is 23.2 Å². The number of nitrogens with zero attached hydrogens (tertiary/aromatic N) is 3. The number of aromatic amines is 1. The van der Waals surface area contributed by atoms with Crippen LogP contribution in [0.1, 0.15) is 17.2 Å². The van der Waals surface area contributed by atoms with E-state index in [2.05, 4.69) is 15.5 Å². The van der Waals surface area contributed by atoms with Crippen LogP contribution in [0.3, 0.4) is 0 Å². The Kier molecular flexibility index (Phi) is 5.88. The van der Waals surface area contributed by atoms with Crippen LogP contribution in [0.2, 0.25) is 0 Å². The quantitative estimate of drug-likeness (QED) is 0.581. The first-order chi connectivity index (χ1) is 15.2. The predicted octanol–water partition coefficient (Wildman–Crippen LogP) is 4.01. The number of nitrogens with one attached hydrogen (secondary N) is 2. The van der Waals surface area contributed by atoms with Crippen LogP contribution < -0.4 is 10.2 Å². The molecule has 2 heterocycles. The number of urea groups is 1. The number of anilines is 1. The Morgan fingerprint density at radius 3 is 2.47 bits per heavy atom. The number of fused-ring (bicyclic) bond motifs is 1. The maximum absolute atomic E-state index is 14.8. The van der Waals surface area contributed by atoms with Crippen molar-refractivity contribution in [1.82, 2.24) is 20.4 Å². The van der Waals surface area contributed by atoms with Crippen LogP contribution in [0, 0.1) is 23.4 Å². The van der Waals surface area contributed by atoms with Crippen molar-refractivity contribution in [2.45, 2.75) is 12.5 Å². The van der Waals surface area contributed by atoms with Crippen molar-refractivity contribution in [3.8, 4) is 11.1 Å². The van der Waals surface area contributed by atoms with Gasteiger partial charge in [0.05, 0.1) is 17.3 Å². The molecule has 1 atom stereocenters. The SMILES string of the molecule is CN(C)C[C@H](NC(=O)N1CCc2cc(-c3c[nH]nc3F)c(F)cc21)c1cc(F)cc(F)c1. The number of likely N-dealkylation sites (N-methyl/N-ethyl adjacent to an activating group) is 1. The molecule has 6 nitrogen and oxygen atoms in total. The lowest BCUT2D eigenvalue weighted by Gasteiger charge is -2.26. The summed E-state index contributed by atoms with van der Waals surface area (Å²) < 4.78 is 56.0. The van der Waals surface area contributed by atoms with E-state index in [1.54, 1.807) is 19.0 Å². The maximum Gasteiger partial charge on any atom is 0.322 e. The first-order valence-corrected chi connectivity index (χ1v) is 9.93. The third kappa shape index (κ3) is 4.31. The van der Waals surface area contributed by atoms with Crippen molar-refractivity contribution < 1.29 is 22.4 Å². The number of benzene rings is 2. The number of halogens is 4. The van der Waals surface area contributed by atoms with Gasteiger partial charge < -0.3 is 10.2 Å². The van der Waals surface area contributed by atoms with Crippen molar-refractivity contribution >= 4 is 11.7 Å². The molecule has 0 aliphatic carbocycles. The molecular formula is C22H21F4N5O. The molecule has 0 saturated heterocycles. The van der Waals surface area contributed by atoms with Crippen LogP contribution in [-0.2, 0) is 6.42 Å². The molecule has 4 rings (SSSR count). The van der Waals surface area contributed by atoms with Crippen molar-refractivity contribution in [1.29, 1.82) is 0 Å². The van der Waals surface area contributed by atoms with Crippen molar-refractivity contribution in [2.24, 2.45) is 0 Å². The summed E-state index contributed by atoms with van der Waals surface area (Å²) in [4.78, 5) is 16.2. The molecule has 0 fully saturated rings. The van der Waals surface area contributed by atoms with Gasteiger partial charge in [0, 0.05) is 30.9 Å². The Bertz CT molecular complexity index is 1140. The molecule has 2 N–H and O–H groups in total. The number of hydrogen-bond donors (Lipinski definition) is 2. The van der Waals surface area contributed by atoms with Gasteiger partial charge >= 0.3 is 6.03 Å². The molecule has 1 aromatic heterocycles. The highest BCUT2D eigenvalue weighted by Gasteiger charge is 2.29. The zero-order chi connectivity index (χ0) is 23.0. The van der Waals surface area contributed by atoms with E-state index in [0.29, 0.717) is 24.2 Å². The largest absolute Gasteiger partial charge is 0.330 e. The van der Waals surface area contributed by atoms with E-state index < -0.39 is 35.5 Å². The third-order valence-electron chi connectivity index (χ3n) is 5.33. The number of hydrogen-bond acceptors (Lipinski definition) is 3. The Balaban J connectivity index is 1.60. The minimum atomic E-state index is -0.815. The summed E-state index contributed by atoms with van der Waals surface area (Å²) in [5.41, 5.74) is 1.38. The second-order valence-corrected chi connectivity index (χ2v) is 7.92. The molecule has 2 aromatic carbocycles. The summed E-state index contributed by atoms with van der Waals surface area (Å²) in [6.45, 7) is 0.576. The fourth-order valence-corrected chi connectivity index (χ4v) is 3.89. The Labute approximate surface area is 181 Å². The number of H-pyrrole nitrogens is 1. The molecule has 1 aliphatic heterocycles. The number of rotatable bonds is 5. The lowest BCUT2D eigenvalue weighted by molar-refractivity contribution is 0.238. The molecule has 0 spiro atoms. The average molecular weight is 447 g/mol. The molecule has 168 valence electrons. The van der Waals surface area contributed by atoms with Gasteiger partial charge in [0.2, 0.25) is 5.95 Å². The lowest BCUT2D eigenvalue weighted by atomic mass is 10.0. The molecule has 2 amide bonds. The van der Waals surface area contributed by atoms with E-state index in [1.165, 1.54) is 35.4 Å². The maximum atomic E-state index is 14.8. The number of aromatic nitrogens is 2. The molecule has 0 saturated carbocycles. The monoisotopic (exact) mass is 447 g/mol. The zero-order valence-corrected chi connectivity index (χ0v) is 17.4. The highest BCUT2D eigenvalue weighted by atomic mass is 19.1. The first kappa shape index (κ1) is 21.8. The fraction of sp³-hybridized carbons (Fsp3) is 0.273. The standard InChI is InChI=1S/C22H21F4N5O/c1-30(2)11-19(13-5-14(23)8-15(24)6-13)28-22(32)31-4-3-12-7-16(18(25)9-20(12)31)17-10-27-29-21(17)26/h5-10,19H,3-4,11H2,1-2H3,(H,27,29)(H,28,32)/t19-/m0/s1. The summed E-state index contributed by atoms with van der Waals surface area (Å²) in [7, 11) is 3.54. The minimum Gasteiger partial charge on any atom is -0.330 e. The lowest BCUT2D eigenvalue weighted by Crippen LogP contribution is -2.43. The summed E-state index contributed by atoms with van der Waals surface area (Å²) in [5.74, 6) is -3.00. The van der Waals surface area contributed by atoms with Gasteiger partial charge in [-0.05, 0) is 55.9 Å². The zero-order valence-electron chi connectivity index (χ0n) is 17.4. The summed E-state index contributed by atoms with van der Waals surface area (Å²) in [5, 5.41) is 8.52. The highest BCUT2D eigenvalue weighted by Crippen LogP contribution is 2.35. The van der Waals surface area contributed by atoms with Crippen LogP contribution >= 0.6 is 0 Å². The molecule has 32 heavy (non-hydrogen) atoms. The molecule has 0 unspecified atom stereocenters. The van der Waals surface area contributed by atoms with Gasteiger partial charge in [-0.1, -0.05) is 0 Å². The van der Waals surface area contributed by atoms with Gasteiger partial charge in [0.25, 0.3) is 0 Å². The van der Waals surface area contributed by atoms with E-state index in [0.717, 1.165) is 6.07 Å². The summed E-state index contributed by atoms with van der Waals surface area (Å²) in [6.07, 6.45) is 1.71. The smallest absolute Gasteiger partial charge is 0.322 e. The summed E-state index contributed by atoms with van der Waals surface area (Å²) >= 11 is 0. The van der Waals surface area contributed by atoms with Gasteiger partial charge in [-0.25, -0.2) is 18.0 Å². The first-order valence-electron chi connectivity index (χ1n) is 9.93. The second kappa shape index (κ2) is 8.62. The van der Waals surface area contributed by atoms with Crippen LogP contribution in [-0.4, -0.2) is 48.3 Å². The Morgan fingerprint density at radius 1 is 1.12 bits per heavy atom. The number of carbonyl (C=O) groups is 1. The van der Waals surface area contributed by atoms with Gasteiger partial charge in [-0.2, -0.15) is 4.39 Å². The topological polar surface area (TPSA) is 64.3 Å². The van der Waals surface area contributed by atoms with Crippen LogP contribution in [0.15, 0.2) is 36.5 Å². The van der Waals surface area contributed by atoms with E-state index in [4.69, 9.17) is 0 Å². The second-order valence-electron chi connectivity index (χ2n) is 7.92. The normalized spacial score (nSPS) is 14.0. The van der Waals surface area contributed by atoms with E-state index in [1.807, 2.05) is 0 Å². The van der Waals surface area contributed by atoms with Crippen molar-refractivity contribution in [3.63, 3.8) is 0 Å². The number of amides is 2. The predicted molar refractivity (Wildman–Crippen MR) is 111 cm³/mol. The molecule has 0 bridgehead atoms. The van der Waals surface area contributed by atoms with Gasteiger partial charge in [0.15, 0.2) is 0 Å². The van der Waals surface area contributed by atoms with Gasteiger partial charge in [-0.15, -0.1) is 5.10 Å². The number of carbonyl (C=O) groups excluding carboxylic acids is 1. The van der Waals surface area contributed by atoms with Gasteiger partial charge in [0.1, 0.15) is 17.5 Å².